The van der Waals surface area contributed by atoms with Gasteiger partial charge in [-0.2, -0.15) is 0 Å². The number of carbonyl (C=O) groups excluding carboxylic acids is 1. The number of imidazole rings is 1. The number of hydrogen-bond acceptors (Lipinski definition) is 5. The first-order chi connectivity index (χ1) is 25.7. The second kappa shape index (κ2) is 13.6. The molecule has 1 amide bonds. The molecule has 5 aliphatic carbocycles. The third-order valence-corrected chi connectivity index (χ3v) is 16.5. The maximum absolute atomic E-state index is 14.6. The van der Waals surface area contributed by atoms with Crippen LogP contribution in [0, 0.1) is 57.2 Å². The van der Waals surface area contributed by atoms with Crippen molar-refractivity contribution in [2.24, 2.45) is 57.2 Å². The Morgan fingerprint density at radius 1 is 0.870 bits per heavy atom. The molecule has 0 spiro atoms. The van der Waals surface area contributed by atoms with E-state index in [-0.39, 0.29) is 39.2 Å². The van der Waals surface area contributed by atoms with Crippen molar-refractivity contribution in [1.82, 2.24) is 20.6 Å². The van der Waals surface area contributed by atoms with E-state index in [1.807, 2.05) is 0 Å². The molecular weight excluding hydrogens is 673 g/mol. The lowest BCUT2D eigenvalue weighted by molar-refractivity contribution is -0.216. The van der Waals surface area contributed by atoms with E-state index in [4.69, 9.17) is 0 Å². The van der Waals surface area contributed by atoms with Gasteiger partial charge < -0.3 is 25.8 Å². The molecule has 1 heterocycles. The molecule has 290 valence electrons. The second-order valence-electron chi connectivity index (χ2n) is 19.4. The highest BCUT2D eigenvalue weighted by Crippen LogP contribution is 2.73. The summed E-state index contributed by atoms with van der Waals surface area (Å²) in [5.41, 5.74) is 5.36. The number of aliphatic hydroxyl groups excluding tert-OH is 1. The van der Waals surface area contributed by atoms with Gasteiger partial charge in [-0.05, 0) is 152 Å². The monoisotopic (exact) mass is 734 g/mol. The lowest BCUT2D eigenvalue weighted by Gasteiger charge is -2.69. The molecule has 5 fully saturated rings. The fourth-order valence-electron chi connectivity index (χ4n) is 14.0. The summed E-state index contributed by atoms with van der Waals surface area (Å²) in [7, 11) is 0. The Bertz CT molecular complexity index is 1950. The number of rotatable bonds is 9. The largest absolute Gasteiger partial charge is 0.478 e. The van der Waals surface area contributed by atoms with Crippen LogP contribution in [0.15, 0.2) is 54.6 Å². The molecule has 54 heavy (non-hydrogen) atoms. The van der Waals surface area contributed by atoms with Crippen molar-refractivity contribution >= 4 is 22.9 Å². The number of H-pyrrole nitrogens is 1. The Morgan fingerprint density at radius 3 is 2.37 bits per heavy atom. The summed E-state index contributed by atoms with van der Waals surface area (Å²) in [5.74, 6) is 3.24. The molecule has 0 saturated heterocycles. The van der Waals surface area contributed by atoms with Crippen molar-refractivity contribution < 1.29 is 19.8 Å². The van der Waals surface area contributed by atoms with Gasteiger partial charge in [-0.1, -0.05) is 64.1 Å². The van der Waals surface area contributed by atoms with Gasteiger partial charge in [0.15, 0.2) is 0 Å². The molecule has 8 nitrogen and oxygen atoms in total. The molecule has 8 heteroatoms. The quantitative estimate of drug-likeness (QED) is 0.140. The zero-order valence-corrected chi connectivity index (χ0v) is 33.1. The predicted molar refractivity (Wildman–Crippen MR) is 212 cm³/mol. The smallest absolute Gasteiger partial charge is 0.335 e. The minimum Gasteiger partial charge on any atom is -0.478 e. The molecule has 1 aromatic heterocycles. The maximum atomic E-state index is 14.6. The molecule has 0 radical (unpaired) electrons. The standard InChI is InChI=1S/C46H62N4O4/c1-27(2)31-14-20-46(21-15-33-32(40(31)46)11-13-37-44(33,5)18-16-36-43(3,4)38(51)17-19-45(36,37)6)42(54)48-25-29-9-7-8-28(22-29)24-47-26-39-49-34-12-10-30(41(52)53)23-35(34)50-39/h7-10,12,22-23,31-33,36-38,40,47,51H,1,11,13-21,24-26H2,2-6H3,(H,48,54)(H,49,50)(H,52,53). The van der Waals surface area contributed by atoms with Crippen molar-refractivity contribution in [1.29, 1.82) is 0 Å². The average molecular weight is 735 g/mol. The topological polar surface area (TPSA) is 127 Å². The average Bonchev–Trinajstić information content (AvgIpc) is 3.74. The number of nitrogens with zero attached hydrogens (tertiary/aromatic N) is 1. The van der Waals surface area contributed by atoms with Crippen molar-refractivity contribution in [2.45, 2.75) is 125 Å². The fraction of sp³-hybridized carbons (Fsp3) is 0.630. The van der Waals surface area contributed by atoms with Gasteiger partial charge in [0.25, 0.3) is 0 Å². The highest BCUT2D eigenvalue weighted by Gasteiger charge is 2.68. The maximum Gasteiger partial charge on any atom is 0.335 e. The number of carbonyl (C=O) groups is 2. The SMILES string of the molecule is C=C(C)C1CCC2(C(=O)NCc3cccc(CNCc4nc5ccc(C(=O)O)cc5[nH]4)c3)CCC3C(CCC4C3(C)CCC3C(C)(C)C(O)CCC34C)C12. The first-order valence-electron chi connectivity index (χ1n) is 20.8. The van der Waals surface area contributed by atoms with Crippen molar-refractivity contribution in [3.8, 4) is 0 Å². The van der Waals surface area contributed by atoms with Gasteiger partial charge in [0, 0.05) is 13.1 Å². The molecule has 10 atom stereocenters. The van der Waals surface area contributed by atoms with Gasteiger partial charge in [0.2, 0.25) is 5.91 Å². The van der Waals surface area contributed by atoms with Crippen LogP contribution in [-0.4, -0.2) is 38.2 Å². The van der Waals surface area contributed by atoms with Crippen molar-refractivity contribution in [3.05, 3.63) is 77.1 Å². The third kappa shape index (κ3) is 5.96. The summed E-state index contributed by atoms with van der Waals surface area (Å²) in [6.45, 7) is 18.3. The number of nitrogens with one attached hydrogen (secondary N) is 3. The summed E-state index contributed by atoms with van der Waals surface area (Å²) >= 11 is 0. The van der Waals surface area contributed by atoms with Crippen LogP contribution in [0.4, 0.5) is 0 Å². The van der Waals surface area contributed by atoms with Crippen LogP contribution in [0.25, 0.3) is 11.0 Å². The van der Waals surface area contributed by atoms with E-state index in [1.54, 1.807) is 18.2 Å². The molecule has 10 unspecified atom stereocenters. The lowest BCUT2D eigenvalue weighted by atomic mass is 9.36. The number of aromatic amines is 1. The number of aliphatic hydroxyl groups is 1. The van der Waals surface area contributed by atoms with Gasteiger partial charge in [0.1, 0.15) is 5.82 Å². The van der Waals surface area contributed by atoms with Crippen LogP contribution in [0.2, 0.25) is 0 Å². The van der Waals surface area contributed by atoms with E-state index in [0.717, 1.165) is 61.0 Å². The first-order valence-corrected chi connectivity index (χ1v) is 20.8. The van der Waals surface area contributed by atoms with Crippen LogP contribution in [-0.2, 0) is 24.4 Å². The van der Waals surface area contributed by atoms with Crippen LogP contribution >= 0.6 is 0 Å². The van der Waals surface area contributed by atoms with E-state index in [0.29, 0.717) is 60.7 Å². The number of benzene rings is 2. The number of carboxylic acid groups (broad SMARTS) is 1. The summed E-state index contributed by atoms with van der Waals surface area (Å²) in [6.07, 6.45) is 10.9. The molecule has 0 aliphatic heterocycles. The third-order valence-electron chi connectivity index (χ3n) is 16.5. The number of aromatic carboxylic acids is 1. The zero-order chi connectivity index (χ0) is 38.2. The molecular formula is C46H62N4O4. The Balaban J connectivity index is 0.943. The molecule has 2 aromatic carbocycles. The van der Waals surface area contributed by atoms with Crippen molar-refractivity contribution in [2.75, 3.05) is 0 Å². The van der Waals surface area contributed by atoms with Crippen LogP contribution in [0.1, 0.15) is 126 Å². The first kappa shape index (κ1) is 37.4. The molecule has 5 N–H and O–H groups in total. The Hall–Kier alpha value is -3.49. The zero-order valence-electron chi connectivity index (χ0n) is 33.1. The number of carboxylic acids is 1. The highest BCUT2D eigenvalue weighted by atomic mass is 16.4. The molecule has 8 rings (SSSR count). The summed E-state index contributed by atoms with van der Waals surface area (Å²) in [6, 6.07) is 13.4. The minimum absolute atomic E-state index is 0.0377. The molecule has 5 aliphatic rings. The number of hydrogen-bond donors (Lipinski definition) is 5. The fourth-order valence-corrected chi connectivity index (χ4v) is 14.0. The second-order valence-corrected chi connectivity index (χ2v) is 19.4. The number of aromatic nitrogens is 2. The summed E-state index contributed by atoms with van der Waals surface area (Å²) in [5, 5.41) is 27.3. The van der Waals surface area contributed by atoms with Gasteiger partial charge in [-0.3, -0.25) is 4.79 Å². The van der Waals surface area contributed by atoms with Gasteiger partial charge in [0.05, 0.1) is 34.7 Å². The summed E-state index contributed by atoms with van der Waals surface area (Å²) in [4.78, 5) is 33.8. The van der Waals surface area contributed by atoms with Gasteiger partial charge in [-0.25, -0.2) is 9.78 Å². The lowest BCUT2D eigenvalue weighted by Crippen LogP contribution is -2.64. The molecule has 3 aromatic rings. The number of amides is 1. The van der Waals surface area contributed by atoms with Gasteiger partial charge in [-0.15, -0.1) is 0 Å². The molecule has 0 bridgehead atoms. The van der Waals surface area contributed by atoms with Gasteiger partial charge >= 0.3 is 5.97 Å². The van der Waals surface area contributed by atoms with E-state index in [9.17, 15) is 19.8 Å². The normalized spacial score (nSPS) is 36.7. The van der Waals surface area contributed by atoms with Crippen molar-refractivity contribution in [3.63, 3.8) is 0 Å². The van der Waals surface area contributed by atoms with E-state index in [2.05, 4.69) is 86.1 Å². The Kier molecular flexibility index (Phi) is 9.44. The molecule has 5 saturated carbocycles. The minimum atomic E-state index is -0.955. The summed E-state index contributed by atoms with van der Waals surface area (Å²) < 4.78 is 0. The van der Waals surface area contributed by atoms with E-state index >= 15 is 0 Å². The van der Waals surface area contributed by atoms with Crippen LogP contribution in [0.5, 0.6) is 0 Å². The Morgan fingerprint density at radius 2 is 1.61 bits per heavy atom. The predicted octanol–water partition coefficient (Wildman–Crippen LogP) is 8.80. The number of allylic oxidation sites excluding steroid dienone is 1. The van der Waals surface area contributed by atoms with Crippen LogP contribution in [0.3, 0.4) is 0 Å². The van der Waals surface area contributed by atoms with E-state index < -0.39 is 5.97 Å². The Labute approximate surface area is 321 Å². The number of fused-ring (bicyclic) bond motifs is 8. The van der Waals surface area contributed by atoms with Crippen LogP contribution < -0.4 is 10.6 Å². The highest BCUT2D eigenvalue weighted by molar-refractivity contribution is 5.92. The van der Waals surface area contributed by atoms with E-state index in [1.165, 1.54) is 31.3 Å².